The van der Waals surface area contributed by atoms with Crippen LogP contribution in [0.1, 0.15) is 11.1 Å². The highest BCUT2D eigenvalue weighted by Gasteiger charge is 2.04. The monoisotopic (exact) mass is 319 g/mol. The van der Waals surface area contributed by atoms with Crippen molar-refractivity contribution >= 4 is 41.0 Å². The number of alkyl halides is 2. The average Bonchev–Trinajstić information content (AvgIpc) is 2.54. The summed E-state index contributed by atoms with van der Waals surface area (Å²) in [5.41, 5.74) is 3.54. The molecule has 0 aromatic heterocycles. The van der Waals surface area contributed by atoms with E-state index < -0.39 is 0 Å². The molecule has 2 aromatic rings. The molecule has 3 heteroatoms. The number of hydrogen-bond acceptors (Lipinski definition) is 1. The van der Waals surface area contributed by atoms with Gasteiger partial charge < -0.3 is 4.90 Å². The van der Waals surface area contributed by atoms with Gasteiger partial charge >= 0.3 is 0 Å². The summed E-state index contributed by atoms with van der Waals surface area (Å²) in [6, 6.07) is 18.7. The lowest BCUT2D eigenvalue weighted by Gasteiger charge is -2.22. The van der Waals surface area contributed by atoms with E-state index in [1.807, 2.05) is 18.2 Å². The Labute approximate surface area is 136 Å². The van der Waals surface area contributed by atoms with Gasteiger partial charge in [-0.2, -0.15) is 0 Å². The molecule has 1 nitrogen and oxygen atoms in total. The summed E-state index contributed by atoms with van der Waals surface area (Å²) >= 11 is 11.7. The van der Waals surface area contributed by atoms with Crippen LogP contribution in [0, 0.1) is 0 Å². The molecular formula is C18H19Cl2N. The van der Waals surface area contributed by atoms with Gasteiger partial charge in [0, 0.05) is 30.5 Å². The minimum atomic E-state index is 0.604. The van der Waals surface area contributed by atoms with Crippen molar-refractivity contribution in [1.82, 2.24) is 0 Å². The predicted molar refractivity (Wildman–Crippen MR) is 95.5 cm³/mol. The van der Waals surface area contributed by atoms with Gasteiger partial charge in [0.05, 0.1) is 0 Å². The molecule has 0 N–H and O–H groups in total. The van der Waals surface area contributed by atoms with E-state index in [0.717, 1.165) is 18.8 Å². The van der Waals surface area contributed by atoms with E-state index in [1.165, 1.54) is 11.1 Å². The molecule has 0 aliphatic heterocycles. The molecule has 0 unspecified atom stereocenters. The van der Waals surface area contributed by atoms with Crippen molar-refractivity contribution in [2.45, 2.75) is 0 Å². The van der Waals surface area contributed by atoms with Crippen molar-refractivity contribution in [3.63, 3.8) is 0 Å². The summed E-state index contributed by atoms with van der Waals surface area (Å²) < 4.78 is 0. The van der Waals surface area contributed by atoms with Crippen LogP contribution in [-0.4, -0.2) is 24.8 Å². The van der Waals surface area contributed by atoms with Gasteiger partial charge in [0.1, 0.15) is 0 Å². The van der Waals surface area contributed by atoms with E-state index in [1.54, 1.807) is 0 Å². The summed E-state index contributed by atoms with van der Waals surface area (Å²) in [5.74, 6) is 1.21. The van der Waals surface area contributed by atoms with Crippen molar-refractivity contribution < 1.29 is 0 Å². The predicted octanol–water partition coefficient (Wildman–Crippen LogP) is 5.14. The zero-order valence-electron chi connectivity index (χ0n) is 11.9. The van der Waals surface area contributed by atoms with E-state index in [4.69, 9.17) is 23.2 Å². The summed E-state index contributed by atoms with van der Waals surface area (Å²) in [5, 5.41) is 0. The SMILES string of the molecule is ClCCN(CCCl)c1ccc(/C=C\c2ccccc2)cc1. The highest BCUT2D eigenvalue weighted by molar-refractivity contribution is 6.18. The topological polar surface area (TPSA) is 3.24 Å². The Morgan fingerprint density at radius 1 is 0.714 bits per heavy atom. The number of benzene rings is 2. The normalized spacial score (nSPS) is 11.0. The van der Waals surface area contributed by atoms with Crippen LogP contribution in [0.4, 0.5) is 5.69 Å². The molecule has 0 radical (unpaired) electrons. The maximum atomic E-state index is 5.83. The van der Waals surface area contributed by atoms with Crippen LogP contribution in [0.15, 0.2) is 54.6 Å². The molecule has 21 heavy (non-hydrogen) atoms. The number of anilines is 1. The fraction of sp³-hybridized carbons (Fsp3) is 0.222. The fourth-order valence-corrected chi connectivity index (χ4v) is 2.53. The van der Waals surface area contributed by atoms with Crippen molar-refractivity contribution in [2.24, 2.45) is 0 Å². The lowest BCUT2D eigenvalue weighted by Crippen LogP contribution is -2.27. The fourth-order valence-electron chi connectivity index (χ4n) is 2.13. The van der Waals surface area contributed by atoms with Crippen LogP contribution in [0.25, 0.3) is 12.2 Å². The third-order valence-electron chi connectivity index (χ3n) is 3.23. The van der Waals surface area contributed by atoms with Gasteiger partial charge in [0.15, 0.2) is 0 Å². The van der Waals surface area contributed by atoms with Crippen molar-refractivity contribution in [3.05, 3.63) is 65.7 Å². The Balaban J connectivity index is 2.06. The number of hydrogen-bond donors (Lipinski definition) is 0. The van der Waals surface area contributed by atoms with Crippen molar-refractivity contribution in [3.8, 4) is 0 Å². The lowest BCUT2D eigenvalue weighted by molar-refractivity contribution is 0.874. The summed E-state index contributed by atoms with van der Waals surface area (Å²) in [6.07, 6.45) is 4.23. The first-order valence-corrected chi connectivity index (χ1v) is 8.10. The van der Waals surface area contributed by atoms with E-state index in [-0.39, 0.29) is 0 Å². The van der Waals surface area contributed by atoms with Gasteiger partial charge in [-0.1, -0.05) is 54.6 Å². The molecule has 0 amide bonds. The third-order valence-corrected chi connectivity index (χ3v) is 3.57. The first-order valence-electron chi connectivity index (χ1n) is 7.03. The highest BCUT2D eigenvalue weighted by atomic mass is 35.5. The van der Waals surface area contributed by atoms with Crippen molar-refractivity contribution in [2.75, 3.05) is 29.7 Å². The summed E-state index contributed by atoms with van der Waals surface area (Å²) in [6.45, 7) is 1.63. The molecule has 0 saturated carbocycles. The number of rotatable bonds is 7. The quantitative estimate of drug-likeness (QED) is 0.504. The Morgan fingerprint density at radius 2 is 1.24 bits per heavy atom. The smallest absolute Gasteiger partial charge is 0.0399 e. The second kappa shape index (κ2) is 8.76. The minimum Gasteiger partial charge on any atom is -0.369 e. The maximum absolute atomic E-state index is 5.83. The zero-order valence-corrected chi connectivity index (χ0v) is 13.4. The largest absolute Gasteiger partial charge is 0.369 e. The lowest BCUT2D eigenvalue weighted by atomic mass is 10.1. The molecule has 0 fully saturated rings. The Bertz CT molecular complexity index is 543. The van der Waals surface area contributed by atoms with E-state index in [9.17, 15) is 0 Å². The summed E-state index contributed by atoms with van der Waals surface area (Å²) in [7, 11) is 0. The minimum absolute atomic E-state index is 0.604. The number of nitrogens with zero attached hydrogens (tertiary/aromatic N) is 1. The molecule has 110 valence electrons. The van der Waals surface area contributed by atoms with Crippen molar-refractivity contribution in [1.29, 1.82) is 0 Å². The first kappa shape index (κ1) is 15.9. The van der Waals surface area contributed by atoms with Crippen LogP contribution in [0.3, 0.4) is 0 Å². The zero-order chi connectivity index (χ0) is 14.9. The molecule has 0 saturated heterocycles. The molecule has 2 rings (SSSR count). The Morgan fingerprint density at radius 3 is 1.76 bits per heavy atom. The Hall–Kier alpha value is -1.44. The summed E-state index contributed by atoms with van der Waals surface area (Å²) in [4.78, 5) is 2.20. The van der Waals surface area contributed by atoms with Gasteiger partial charge in [-0.25, -0.2) is 0 Å². The molecule has 0 spiro atoms. The maximum Gasteiger partial charge on any atom is 0.0399 e. The average molecular weight is 320 g/mol. The van der Waals surface area contributed by atoms with Gasteiger partial charge in [-0.3, -0.25) is 0 Å². The van der Waals surface area contributed by atoms with Crippen LogP contribution in [0.5, 0.6) is 0 Å². The van der Waals surface area contributed by atoms with E-state index >= 15 is 0 Å². The second-order valence-electron chi connectivity index (χ2n) is 4.70. The first-order chi connectivity index (χ1) is 10.3. The molecule has 0 heterocycles. The van der Waals surface area contributed by atoms with Gasteiger partial charge in [0.25, 0.3) is 0 Å². The van der Waals surface area contributed by atoms with E-state index in [2.05, 4.69) is 53.5 Å². The molecule has 0 atom stereocenters. The standard InChI is InChI=1S/C18H19Cl2N/c19-12-14-21(15-13-20)18-10-8-17(9-11-18)7-6-16-4-2-1-3-5-16/h1-11H,12-15H2/b7-6-. The van der Waals surface area contributed by atoms with Crippen LogP contribution in [-0.2, 0) is 0 Å². The molecular weight excluding hydrogens is 301 g/mol. The highest BCUT2D eigenvalue weighted by Crippen LogP contribution is 2.17. The molecule has 0 bridgehead atoms. The molecule has 0 aliphatic carbocycles. The van der Waals surface area contributed by atoms with Gasteiger partial charge in [-0.15, -0.1) is 23.2 Å². The molecule has 0 aliphatic rings. The van der Waals surface area contributed by atoms with Crippen LogP contribution in [0.2, 0.25) is 0 Å². The second-order valence-corrected chi connectivity index (χ2v) is 5.46. The third kappa shape index (κ3) is 5.11. The van der Waals surface area contributed by atoms with Crippen LogP contribution < -0.4 is 4.90 Å². The number of halogens is 2. The Kier molecular flexibility index (Phi) is 6.65. The van der Waals surface area contributed by atoms with E-state index in [0.29, 0.717) is 11.8 Å². The van der Waals surface area contributed by atoms with Gasteiger partial charge in [0.2, 0.25) is 0 Å². The molecule has 2 aromatic carbocycles. The van der Waals surface area contributed by atoms with Gasteiger partial charge in [-0.05, 0) is 23.3 Å². The van der Waals surface area contributed by atoms with Crippen LogP contribution >= 0.6 is 23.2 Å².